The highest BCUT2D eigenvalue weighted by atomic mass is 32.2. The van der Waals surface area contributed by atoms with Crippen LogP contribution in [0.3, 0.4) is 0 Å². The van der Waals surface area contributed by atoms with Gasteiger partial charge in [0.05, 0.1) is 10.9 Å². The fourth-order valence-electron chi connectivity index (χ4n) is 4.29. The molecule has 2 aliphatic heterocycles. The molecule has 1 fully saturated rings. The highest BCUT2D eigenvalue weighted by Crippen LogP contribution is 2.33. The lowest BCUT2D eigenvalue weighted by molar-refractivity contribution is -0.139. The maximum atomic E-state index is 12.7. The molecule has 0 radical (unpaired) electrons. The molecule has 0 bridgehead atoms. The van der Waals surface area contributed by atoms with Crippen LogP contribution in [-0.4, -0.2) is 67.1 Å². The second-order valence-corrected chi connectivity index (χ2v) is 10.8. The summed E-state index contributed by atoms with van der Waals surface area (Å²) in [6.45, 7) is 3.95. The SMILES string of the molecule is CC1c2ccsc2CCN1C(=O)CCC(=O)N1CCN(S(=O)(=O)c2ccccc2)CC1. The van der Waals surface area contributed by atoms with Crippen LogP contribution < -0.4 is 0 Å². The van der Waals surface area contributed by atoms with Crippen LogP contribution in [0.25, 0.3) is 0 Å². The Hall–Kier alpha value is -2.23. The monoisotopic (exact) mass is 461 g/mol. The predicted octanol–water partition coefficient (Wildman–Crippen LogP) is 2.51. The fourth-order valence-corrected chi connectivity index (χ4v) is 6.69. The van der Waals surface area contributed by atoms with Crippen LogP contribution in [0, 0.1) is 0 Å². The van der Waals surface area contributed by atoms with Gasteiger partial charge in [0.15, 0.2) is 0 Å². The van der Waals surface area contributed by atoms with E-state index < -0.39 is 10.0 Å². The lowest BCUT2D eigenvalue weighted by Crippen LogP contribution is -2.50. The first-order chi connectivity index (χ1) is 14.9. The van der Waals surface area contributed by atoms with Crippen LogP contribution in [0.5, 0.6) is 0 Å². The molecule has 31 heavy (non-hydrogen) atoms. The zero-order chi connectivity index (χ0) is 22.0. The summed E-state index contributed by atoms with van der Waals surface area (Å²) in [7, 11) is -3.54. The summed E-state index contributed by atoms with van der Waals surface area (Å²) in [5.41, 5.74) is 1.21. The number of carbonyl (C=O) groups excluding carboxylic acids is 2. The van der Waals surface area contributed by atoms with Gasteiger partial charge in [0, 0.05) is 50.4 Å². The van der Waals surface area contributed by atoms with Crippen molar-refractivity contribution in [3.8, 4) is 0 Å². The second-order valence-electron chi connectivity index (χ2n) is 7.91. The van der Waals surface area contributed by atoms with Crippen molar-refractivity contribution < 1.29 is 18.0 Å². The number of thiophene rings is 1. The van der Waals surface area contributed by atoms with Gasteiger partial charge in [-0.25, -0.2) is 8.42 Å². The van der Waals surface area contributed by atoms with Crippen LogP contribution in [0.4, 0.5) is 0 Å². The molecule has 9 heteroatoms. The average molecular weight is 462 g/mol. The summed E-state index contributed by atoms with van der Waals surface area (Å²) >= 11 is 1.73. The van der Waals surface area contributed by atoms with Crippen LogP contribution in [-0.2, 0) is 26.0 Å². The quantitative estimate of drug-likeness (QED) is 0.686. The van der Waals surface area contributed by atoms with Crippen molar-refractivity contribution in [2.24, 2.45) is 0 Å². The minimum Gasteiger partial charge on any atom is -0.340 e. The summed E-state index contributed by atoms with van der Waals surface area (Å²) < 4.78 is 26.9. The number of hydrogen-bond donors (Lipinski definition) is 0. The zero-order valence-electron chi connectivity index (χ0n) is 17.6. The molecule has 4 rings (SSSR count). The molecule has 0 aliphatic carbocycles. The molecule has 0 spiro atoms. The lowest BCUT2D eigenvalue weighted by Gasteiger charge is -2.35. The Kier molecular flexibility index (Phi) is 6.45. The summed E-state index contributed by atoms with van der Waals surface area (Å²) in [6, 6.07) is 10.5. The Labute approximate surface area is 187 Å². The number of rotatable bonds is 5. The van der Waals surface area contributed by atoms with Gasteiger partial charge in [0.2, 0.25) is 21.8 Å². The number of carbonyl (C=O) groups is 2. The number of nitrogens with zero attached hydrogens (tertiary/aromatic N) is 3. The first-order valence-corrected chi connectivity index (χ1v) is 12.9. The number of sulfonamides is 1. The Balaban J connectivity index is 1.27. The van der Waals surface area contributed by atoms with Crippen molar-refractivity contribution >= 4 is 33.2 Å². The molecular weight excluding hydrogens is 434 g/mol. The molecule has 3 heterocycles. The van der Waals surface area contributed by atoms with Crippen molar-refractivity contribution in [3.63, 3.8) is 0 Å². The van der Waals surface area contributed by atoms with E-state index in [1.807, 2.05) is 11.8 Å². The molecular formula is C22H27N3O4S2. The minimum absolute atomic E-state index is 0.00277. The number of fused-ring (bicyclic) bond motifs is 1. The van der Waals surface area contributed by atoms with Gasteiger partial charge in [0.25, 0.3) is 0 Å². The van der Waals surface area contributed by atoms with Gasteiger partial charge in [-0.2, -0.15) is 4.31 Å². The van der Waals surface area contributed by atoms with Gasteiger partial charge in [0.1, 0.15) is 0 Å². The van der Waals surface area contributed by atoms with Crippen LogP contribution in [0.1, 0.15) is 36.2 Å². The summed E-state index contributed by atoms with van der Waals surface area (Å²) in [4.78, 5) is 30.5. The molecule has 2 aliphatic rings. The van der Waals surface area contributed by atoms with Gasteiger partial charge < -0.3 is 9.80 Å². The smallest absolute Gasteiger partial charge is 0.243 e. The molecule has 166 valence electrons. The molecule has 1 atom stereocenters. The van der Waals surface area contributed by atoms with E-state index in [1.54, 1.807) is 46.6 Å². The molecule has 1 saturated heterocycles. The van der Waals surface area contributed by atoms with E-state index in [9.17, 15) is 18.0 Å². The average Bonchev–Trinajstić information content (AvgIpc) is 3.28. The number of amides is 2. The van der Waals surface area contributed by atoms with Crippen LogP contribution in [0.15, 0.2) is 46.7 Å². The largest absolute Gasteiger partial charge is 0.340 e. The third-order valence-electron chi connectivity index (χ3n) is 6.12. The van der Waals surface area contributed by atoms with E-state index >= 15 is 0 Å². The molecule has 7 nitrogen and oxygen atoms in total. The van der Waals surface area contributed by atoms with Crippen molar-refractivity contribution in [1.29, 1.82) is 0 Å². The van der Waals surface area contributed by atoms with E-state index in [2.05, 4.69) is 11.4 Å². The van der Waals surface area contributed by atoms with E-state index in [1.165, 1.54) is 14.7 Å². The minimum atomic E-state index is -3.54. The van der Waals surface area contributed by atoms with E-state index in [0.717, 1.165) is 6.42 Å². The van der Waals surface area contributed by atoms with Crippen molar-refractivity contribution in [2.75, 3.05) is 32.7 Å². The molecule has 0 N–H and O–H groups in total. The molecule has 0 saturated carbocycles. The molecule has 1 aromatic carbocycles. The molecule has 2 amide bonds. The number of benzene rings is 1. The third kappa shape index (κ3) is 4.53. The van der Waals surface area contributed by atoms with Crippen molar-refractivity contribution in [2.45, 2.75) is 37.1 Å². The topological polar surface area (TPSA) is 78.0 Å². The van der Waals surface area contributed by atoms with E-state index in [4.69, 9.17) is 0 Å². The fraction of sp³-hybridized carbons (Fsp3) is 0.455. The lowest BCUT2D eigenvalue weighted by atomic mass is 10.0. The van der Waals surface area contributed by atoms with E-state index in [-0.39, 0.29) is 48.7 Å². The van der Waals surface area contributed by atoms with Crippen LogP contribution >= 0.6 is 11.3 Å². The summed E-state index contributed by atoms with van der Waals surface area (Å²) in [5, 5.41) is 2.07. The van der Waals surface area contributed by atoms with Gasteiger partial charge in [-0.05, 0) is 42.5 Å². The summed E-state index contributed by atoms with van der Waals surface area (Å²) in [5.74, 6) is -0.0889. The first-order valence-electron chi connectivity index (χ1n) is 10.6. The normalized spacial score (nSPS) is 19.8. The van der Waals surface area contributed by atoms with Gasteiger partial charge in [-0.1, -0.05) is 18.2 Å². The number of hydrogen-bond acceptors (Lipinski definition) is 5. The maximum Gasteiger partial charge on any atom is 0.243 e. The van der Waals surface area contributed by atoms with Crippen LogP contribution in [0.2, 0.25) is 0 Å². The highest BCUT2D eigenvalue weighted by Gasteiger charge is 2.31. The first kappa shape index (κ1) is 22.0. The van der Waals surface area contributed by atoms with Gasteiger partial charge in [-0.3, -0.25) is 9.59 Å². The van der Waals surface area contributed by atoms with Crippen molar-refractivity contribution in [1.82, 2.24) is 14.1 Å². The predicted molar refractivity (Wildman–Crippen MR) is 119 cm³/mol. The Morgan fingerprint density at radius 2 is 1.65 bits per heavy atom. The maximum absolute atomic E-state index is 12.7. The molecule has 1 aromatic heterocycles. The third-order valence-corrected chi connectivity index (χ3v) is 9.03. The standard InChI is InChI=1S/C22H27N3O4S2/c1-17-19-10-16-30-20(19)9-11-25(17)22(27)8-7-21(26)23-12-14-24(15-13-23)31(28,29)18-5-3-2-4-6-18/h2-6,10,16-17H,7-9,11-15H2,1H3. The van der Waals surface area contributed by atoms with E-state index in [0.29, 0.717) is 19.6 Å². The second kappa shape index (κ2) is 9.10. The molecule has 2 aromatic rings. The summed E-state index contributed by atoms with van der Waals surface area (Å²) in [6.07, 6.45) is 1.21. The Bertz CT molecular complexity index is 1040. The zero-order valence-corrected chi connectivity index (χ0v) is 19.2. The Morgan fingerprint density at radius 1 is 0.968 bits per heavy atom. The Morgan fingerprint density at radius 3 is 2.35 bits per heavy atom. The molecule has 1 unspecified atom stereocenters. The number of piperazine rings is 1. The van der Waals surface area contributed by atoms with Gasteiger partial charge >= 0.3 is 0 Å². The van der Waals surface area contributed by atoms with Crippen molar-refractivity contribution in [3.05, 3.63) is 52.2 Å². The van der Waals surface area contributed by atoms with Gasteiger partial charge in [-0.15, -0.1) is 11.3 Å². The highest BCUT2D eigenvalue weighted by molar-refractivity contribution is 7.89.